The molecule has 2 aliphatic heterocycles. The van der Waals surface area contributed by atoms with E-state index in [1.807, 2.05) is 4.90 Å². The van der Waals surface area contributed by atoms with Crippen molar-refractivity contribution in [1.82, 2.24) is 15.1 Å². The van der Waals surface area contributed by atoms with Gasteiger partial charge in [-0.3, -0.25) is 14.5 Å². The fraction of sp³-hybridized carbons (Fsp3) is 0.619. The number of carbonyl (C=O) groups is 2. The van der Waals surface area contributed by atoms with Gasteiger partial charge in [0.1, 0.15) is 5.82 Å². The number of nitrogens with one attached hydrogen (secondary N) is 1. The second-order valence-corrected chi connectivity index (χ2v) is 7.83. The first-order valence-corrected chi connectivity index (χ1v) is 10.1. The Balaban J connectivity index is 1.39. The van der Waals surface area contributed by atoms with Crippen LogP contribution in [0.25, 0.3) is 0 Å². The van der Waals surface area contributed by atoms with E-state index >= 15 is 0 Å². The average Bonchev–Trinajstić information content (AvgIpc) is 2.68. The van der Waals surface area contributed by atoms with Crippen molar-refractivity contribution >= 4 is 11.8 Å². The number of hydrogen-bond donors (Lipinski definition) is 1. The lowest BCUT2D eigenvalue weighted by Gasteiger charge is -2.36. The molecule has 5 nitrogen and oxygen atoms in total. The lowest BCUT2D eigenvalue weighted by Crippen LogP contribution is -2.49. The molecule has 0 radical (unpaired) electrons. The second-order valence-electron chi connectivity index (χ2n) is 7.83. The summed E-state index contributed by atoms with van der Waals surface area (Å²) in [5, 5.41) is 2.95. The average molecular weight is 375 g/mol. The van der Waals surface area contributed by atoms with Crippen molar-refractivity contribution in [2.75, 3.05) is 26.2 Å². The van der Waals surface area contributed by atoms with Gasteiger partial charge in [-0.2, -0.15) is 0 Å². The van der Waals surface area contributed by atoms with E-state index in [1.54, 1.807) is 12.1 Å². The van der Waals surface area contributed by atoms with Crippen molar-refractivity contribution in [3.05, 3.63) is 35.6 Å². The van der Waals surface area contributed by atoms with Gasteiger partial charge >= 0.3 is 0 Å². The first-order valence-electron chi connectivity index (χ1n) is 10.1. The molecule has 2 fully saturated rings. The number of rotatable bonds is 5. The van der Waals surface area contributed by atoms with Crippen LogP contribution < -0.4 is 5.32 Å². The highest BCUT2D eigenvalue weighted by Gasteiger charge is 2.28. The number of halogens is 1. The smallest absolute Gasteiger partial charge is 0.236 e. The van der Waals surface area contributed by atoms with Gasteiger partial charge in [0.2, 0.25) is 11.8 Å². The lowest BCUT2D eigenvalue weighted by atomic mass is 9.95. The van der Waals surface area contributed by atoms with Gasteiger partial charge in [-0.25, -0.2) is 4.39 Å². The van der Waals surface area contributed by atoms with E-state index < -0.39 is 0 Å². The van der Waals surface area contributed by atoms with Gasteiger partial charge in [0.05, 0.1) is 6.54 Å². The zero-order valence-corrected chi connectivity index (χ0v) is 16.1. The maximum atomic E-state index is 12.9. The van der Waals surface area contributed by atoms with Crippen LogP contribution in [-0.4, -0.2) is 53.8 Å². The first-order chi connectivity index (χ1) is 13.0. The minimum atomic E-state index is -0.272. The Kier molecular flexibility index (Phi) is 6.83. The molecule has 2 heterocycles. The van der Waals surface area contributed by atoms with Crippen molar-refractivity contribution in [2.24, 2.45) is 5.92 Å². The molecule has 0 aromatic heterocycles. The number of nitrogens with zero attached hydrogens (tertiary/aromatic N) is 2. The van der Waals surface area contributed by atoms with E-state index in [1.165, 1.54) is 18.6 Å². The van der Waals surface area contributed by atoms with Gasteiger partial charge in [-0.15, -0.1) is 0 Å². The van der Waals surface area contributed by atoms with Crippen molar-refractivity contribution < 1.29 is 14.0 Å². The summed E-state index contributed by atoms with van der Waals surface area (Å²) in [6.45, 7) is 5.46. The number of amides is 2. The molecule has 1 unspecified atom stereocenters. The number of benzene rings is 1. The summed E-state index contributed by atoms with van der Waals surface area (Å²) in [6.07, 6.45) is 4.97. The van der Waals surface area contributed by atoms with Crippen molar-refractivity contribution in [1.29, 1.82) is 0 Å². The molecule has 1 atom stereocenters. The maximum absolute atomic E-state index is 12.9. The van der Waals surface area contributed by atoms with E-state index in [4.69, 9.17) is 0 Å². The normalized spacial score (nSPS) is 21.9. The first kappa shape index (κ1) is 19.8. The fourth-order valence-electron chi connectivity index (χ4n) is 4.04. The predicted molar refractivity (Wildman–Crippen MR) is 102 cm³/mol. The quantitative estimate of drug-likeness (QED) is 0.861. The highest BCUT2D eigenvalue weighted by Crippen LogP contribution is 2.20. The van der Waals surface area contributed by atoms with Crippen LogP contribution in [0.5, 0.6) is 0 Å². The molecular weight excluding hydrogens is 345 g/mol. The molecule has 27 heavy (non-hydrogen) atoms. The molecule has 2 aliphatic rings. The van der Waals surface area contributed by atoms with E-state index in [9.17, 15) is 14.0 Å². The maximum Gasteiger partial charge on any atom is 0.236 e. The molecule has 0 spiro atoms. The van der Waals surface area contributed by atoms with E-state index in [-0.39, 0.29) is 23.5 Å². The molecule has 2 saturated heterocycles. The third kappa shape index (κ3) is 5.51. The molecule has 1 N–H and O–H groups in total. The molecule has 1 aromatic rings. The SMILES string of the molecule is CC1CCCCN1C(=O)CN1CCC(C(=O)NCc2ccc(F)cc2)CC1. The summed E-state index contributed by atoms with van der Waals surface area (Å²) in [5.41, 5.74) is 0.892. The lowest BCUT2D eigenvalue weighted by molar-refractivity contribution is -0.136. The van der Waals surface area contributed by atoms with Gasteiger partial charge in [0.15, 0.2) is 0 Å². The summed E-state index contributed by atoms with van der Waals surface area (Å²) in [7, 11) is 0. The van der Waals surface area contributed by atoms with Gasteiger partial charge < -0.3 is 10.2 Å². The van der Waals surface area contributed by atoms with Crippen LogP contribution in [0, 0.1) is 11.7 Å². The van der Waals surface area contributed by atoms with Crippen molar-refractivity contribution in [3.63, 3.8) is 0 Å². The Bertz CT molecular complexity index is 641. The van der Waals surface area contributed by atoms with Crippen LogP contribution in [0.4, 0.5) is 4.39 Å². The second kappa shape index (κ2) is 9.31. The van der Waals surface area contributed by atoms with E-state index in [0.717, 1.165) is 50.9 Å². The highest BCUT2D eigenvalue weighted by molar-refractivity contribution is 5.79. The zero-order valence-electron chi connectivity index (χ0n) is 16.1. The standard InChI is InChI=1S/C21H30FN3O2/c1-16-4-2-3-11-25(16)20(26)15-24-12-9-18(10-13-24)21(27)23-14-17-5-7-19(22)8-6-17/h5-8,16,18H,2-4,9-15H2,1H3,(H,23,27). The Labute approximate surface area is 160 Å². The Morgan fingerprint density at radius 1 is 1.07 bits per heavy atom. The molecule has 6 heteroatoms. The van der Waals surface area contributed by atoms with Crippen molar-refractivity contribution in [3.8, 4) is 0 Å². The number of hydrogen-bond acceptors (Lipinski definition) is 3. The van der Waals surface area contributed by atoms with Gasteiger partial charge in [0.25, 0.3) is 0 Å². The molecular formula is C21H30FN3O2. The predicted octanol–water partition coefficient (Wildman–Crippen LogP) is 2.55. The number of likely N-dealkylation sites (tertiary alicyclic amines) is 2. The molecule has 2 amide bonds. The van der Waals surface area contributed by atoms with Crippen LogP contribution in [0.3, 0.4) is 0 Å². The van der Waals surface area contributed by atoms with Gasteiger partial charge in [-0.1, -0.05) is 12.1 Å². The van der Waals surface area contributed by atoms with Crippen LogP contribution in [-0.2, 0) is 16.1 Å². The molecule has 1 aromatic carbocycles. The van der Waals surface area contributed by atoms with Gasteiger partial charge in [-0.05, 0) is 69.8 Å². The van der Waals surface area contributed by atoms with E-state index in [2.05, 4.69) is 17.1 Å². The van der Waals surface area contributed by atoms with Crippen LogP contribution in [0.1, 0.15) is 44.6 Å². The monoisotopic (exact) mass is 375 g/mol. The Hall–Kier alpha value is -1.95. The summed E-state index contributed by atoms with van der Waals surface area (Å²) < 4.78 is 12.9. The minimum Gasteiger partial charge on any atom is -0.352 e. The van der Waals surface area contributed by atoms with E-state index in [0.29, 0.717) is 19.1 Å². The number of piperidine rings is 2. The molecule has 148 valence electrons. The molecule has 3 rings (SSSR count). The summed E-state index contributed by atoms with van der Waals surface area (Å²) in [6, 6.07) is 6.53. The van der Waals surface area contributed by atoms with Crippen LogP contribution in [0.2, 0.25) is 0 Å². The minimum absolute atomic E-state index is 0.00860. The topological polar surface area (TPSA) is 52.7 Å². The van der Waals surface area contributed by atoms with Crippen LogP contribution >= 0.6 is 0 Å². The summed E-state index contributed by atoms with van der Waals surface area (Å²) in [4.78, 5) is 29.1. The van der Waals surface area contributed by atoms with Gasteiger partial charge in [0, 0.05) is 25.0 Å². The largest absolute Gasteiger partial charge is 0.352 e. The number of carbonyl (C=O) groups excluding carboxylic acids is 2. The Morgan fingerprint density at radius 3 is 2.44 bits per heavy atom. The highest BCUT2D eigenvalue weighted by atomic mass is 19.1. The summed E-state index contributed by atoms with van der Waals surface area (Å²) in [5.74, 6) is -0.00646. The molecule has 0 bridgehead atoms. The van der Waals surface area contributed by atoms with Crippen LogP contribution in [0.15, 0.2) is 24.3 Å². The third-order valence-corrected chi connectivity index (χ3v) is 5.82. The molecule has 0 aliphatic carbocycles. The summed E-state index contributed by atoms with van der Waals surface area (Å²) >= 11 is 0. The molecule has 0 saturated carbocycles. The Morgan fingerprint density at radius 2 is 1.78 bits per heavy atom. The van der Waals surface area contributed by atoms with Crippen molar-refractivity contribution in [2.45, 2.75) is 51.6 Å². The third-order valence-electron chi connectivity index (χ3n) is 5.82. The zero-order chi connectivity index (χ0) is 19.2. The fourth-order valence-corrected chi connectivity index (χ4v) is 4.04.